The molecular weight excluding hydrogens is 418 g/mol. The van der Waals surface area contributed by atoms with Gasteiger partial charge in [-0.1, -0.05) is 0 Å². The quantitative estimate of drug-likeness (QED) is 0.737. The SMILES string of the molecule is CCOc1ccc(C(=O)N2CCCN(C(=O)c3ccc(NS(C)(=O)=O)cc3)CC2)cc1. The van der Waals surface area contributed by atoms with E-state index in [1.54, 1.807) is 58.3 Å². The van der Waals surface area contributed by atoms with Gasteiger partial charge in [0, 0.05) is 43.0 Å². The van der Waals surface area contributed by atoms with Crippen LogP contribution in [0, 0.1) is 0 Å². The number of amides is 2. The van der Waals surface area contributed by atoms with E-state index in [0.29, 0.717) is 56.0 Å². The lowest BCUT2D eigenvalue weighted by molar-refractivity contribution is 0.0718. The molecule has 1 fully saturated rings. The first-order valence-corrected chi connectivity index (χ1v) is 12.1. The van der Waals surface area contributed by atoms with Crippen molar-refractivity contribution in [1.29, 1.82) is 0 Å². The fraction of sp³-hybridized carbons (Fsp3) is 0.364. The molecule has 0 saturated carbocycles. The highest BCUT2D eigenvalue weighted by Crippen LogP contribution is 2.17. The maximum Gasteiger partial charge on any atom is 0.253 e. The number of hydrogen-bond acceptors (Lipinski definition) is 5. The lowest BCUT2D eigenvalue weighted by atomic mass is 10.2. The Bertz CT molecular complexity index is 1020. The minimum absolute atomic E-state index is 0.0615. The summed E-state index contributed by atoms with van der Waals surface area (Å²) in [6.07, 6.45) is 1.76. The zero-order chi connectivity index (χ0) is 22.4. The predicted octanol–water partition coefficient (Wildman–Crippen LogP) is 2.45. The van der Waals surface area contributed by atoms with Gasteiger partial charge in [-0.05, 0) is 61.9 Å². The average molecular weight is 446 g/mol. The summed E-state index contributed by atoms with van der Waals surface area (Å²) in [6.45, 7) is 4.49. The molecule has 0 spiro atoms. The van der Waals surface area contributed by atoms with Crippen molar-refractivity contribution in [2.24, 2.45) is 0 Å². The third kappa shape index (κ3) is 6.21. The van der Waals surface area contributed by atoms with E-state index < -0.39 is 10.0 Å². The Morgan fingerprint density at radius 1 is 0.871 bits per heavy atom. The second kappa shape index (κ2) is 9.82. The summed E-state index contributed by atoms with van der Waals surface area (Å²) in [7, 11) is -3.37. The summed E-state index contributed by atoms with van der Waals surface area (Å²) in [5.41, 5.74) is 1.48. The second-order valence-corrected chi connectivity index (χ2v) is 9.10. The van der Waals surface area contributed by atoms with E-state index in [0.717, 1.165) is 12.0 Å². The van der Waals surface area contributed by atoms with Crippen molar-refractivity contribution in [3.8, 4) is 5.75 Å². The number of sulfonamides is 1. The average Bonchev–Trinajstić information content (AvgIpc) is 2.99. The highest BCUT2D eigenvalue weighted by Gasteiger charge is 2.23. The van der Waals surface area contributed by atoms with Gasteiger partial charge in [0.1, 0.15) is 5.75 Å². The van der Waals surface area contributed by atoms with Crippen LogP contribution in [0.3, 0.4) is 0 Å². The number of carbonyl (C=O) groups is 2. The van der Waals surface area contributed by atoms with E-state index in [2.05, 4.69) is 4.72 Å². The molecule has 1 aliphatic heterocycles. The number of nitrogens with zero attached hydrogens (tertiary/aromatic N) is 2. The molecule has 1 N–H and O–H groups in total. The van der Waals surface area contributed by atoms with Crippen molar-refractivity contribution in [2.45, 2.75) is 13.3 Å². The molecule has 2 aromatic rings. The van der Waals surface area contributed by atoms with Crippen LogP contribution in [0.15, 0.2) is 48.5 Å². The van der Waals surface area contributed by atoms with Gasteiger partial charge >= 0.3 is 0 Å². The predicted molar refractivity (Wildman–Crippen MR) is 119 cm³/mol. The Morgan fingerprint density at radius 3 is 1.81 bits per heavy atom. The molecule has 166 valence electrons. The molecule has 9 heteroatoms. The number of carbonyl (C=O) groups excluding carboxylic acids is 2. The van der Waals surface area contributed by atoms with E-state index in [9.17, 15) is 18.0 Å². The Kier molecular flexibility index (Phi) is 7.17. The van der Waals surface area contributed by atoms with E-state index in [1.807, 2.05) is 6.92 Å². The lowest BCUT2D eigenvalue weighted by Crippen LogP contribution is -2.37. The number of rotatable bonds is 6. The monoisotopic (exact) mass is 445 g/mol. The van der Waals surface area contributed by atoms with Gasteiger partial charge in [-0.3, -0.25) is 14.3 Å². The first kappa shape index (κ1) is 22.6. The van der Waals surface area contributed by atoms with E-state index in [1.165, 1.54) is 0 Å². The maximum absolute atomic E-state index is 12.9. The highest BCUT2D eigenvalue weighted by molar-refractivity contribution is 7.92. The summed E-state index contributed by atoms with van der Waals surface area (Å²) in [6, 6.07) is 13.4. The summed E-state index contributed by atoms with van der Waals surface area (Å²) < 4.78 is 30.4. The molecule has 8 nitrogen and oxygen atoms in total. The Morgan fingerprint density at radius 2 is 1.35 bits per heavy atom. The van der Waals surface area contributed by atoms with Crippen LogP contribution in [-0.2, 0) is 10.0 Å². The van der Waals surface area contributed by atoms with Crippen LogP contribution >= 0.6 is 0 Å². The third-order valence-electron chi connectivity index (χ3n) is 4.92. The maximum atomic E-state index is 12.9. The molecule has 1 aliphatic rings. The standard InChI is InChI=1S/C22H27N3O5S/c1-3-30-20-11-7-18(8-12-20)22(27)25-14-4-13-24(15-16-25)21(26)17-5-9-19(10-6-17)23-31(2,28)29/h5-12,23H,3-4,13-16H2,1-2H3. The van der Waals surface area contributed by atoms with Gasteiger partial charge in [0.25, 0.3) is 11.8 Å². The largest absolute Gasteiger partial charge is 0.494 e. The molecule has 0 unspecified atom stereocenters. The van der Waals surface area contributed by atoms with Crippen LogP contribution in [0.1, 0.15) is 34.1 Å². The van der Waals surface area contributed by atoms with Gasteiger partial charge in [0.15, 0.2) is 0 Å². The minimum atomic E-state index is -3.37. The Hall–Kier alpha value is -3.07. The van der Waals surface area contributed by atoms with E-state index >= 15 is 0 Å². The highest BCUT2D eigenvalue weighted by atomic mass is 32.2. The summed E-state index contributed by atoms with van der Waals surface area (Å²) in [4.78, 5) is 29.2. The summed E-state index contributed by atoms with van der Waals surface area (Å²) in [5, 5.41) is 0. The van der Waals surface area contributed by atoms with Crippen LogP contribution in [-0.4, -0.2) is 69.1 Å². The molecule has 0 radical (unpaired) electrons. The Labute approximate surface area is 182 Å². The van der Waals surface area contributed by atoms with Crippen LogP contribution in [0.2, 0.25) is 0 Å². The van der Waals surface area contributed by atoms with Crippen molar-refractivity contribution in [2.75, 3.05) is 43.8 Å². The minimum Gasteiger partial charge on any atom is -0.494 e. The fourth-order valence-corrected chi connectivity index (χ4v) is 4.01. The molecule has 0 atom stereocenters. The van der Waals surface area contributed by atoms with Crippen LogP contribution < -0.4 is 9.46 Å². The smallest absolute Gasteiger partial charge is 0.253 e. The fourth-order valence-electron chi connectivity index (χ4n) is 3.44. The Balaban J connectivity index is 1.61. The van der Waals surface area contributed by atoms with Crippen molar-refractivity contribution in [1.82, 2.24) is 9.80 Å². The molecule has 31 heavy (non-hydrogen) atoms. The molecule has 1 heterocycles. The van der Waals surface area contributed by atoms with E-state index in [4.69, 9.17) is 4.74 Å². The molecule has 2 amide bonds. The van der Waals surface area contributed by atoms with Crippen molar-refractivity contribution in [3.63, 3.8) is 0 Å². The van der Waals surface area contributed by atoms with Crippen LogP contribution in [0.25, 0.3) is 0 Å². The topological polar surface area (TPSA) is 96.0 Å². The molecule has 2 aromatic carbocycles. The number of ether oxygens (including phenoxy) is 1. The van der Waals surface area contributed by atoms with Gasteiger partial charge in [-0.2, -0.15) is 0 Å². The lowest BCUT2D eigenvalue weighted by Gasteiger charge is -2.22. The first-order chi connectivity index (χ1) is 14.8. The zero-order valence-corrected chi connectivity index (χ0v) is 18.5. The number of benzene rings is 2. The normalized spacial score (nSPS) is 14.6. The molecular formula is C22H27N3O5S. The van der Waals surface area contributed by atoms with Gasteiger partial charge in [0.2, 0.25) is 10.0 Å². The molecule has 3 rings (SSSR count). The van der Waals surface area contributed by atoms with Gasteiger partial charge in [-0.25, -0.2) is 8.42 Å². The molecule has 1 saturated heterocycles. The molecule has 0 bridgehead atoms. The summed E-state index contributed by atoms with van der Waals surface area (Å²) in [5.74, 6) is 0.527. The van der Waals surface area contributed by atoms with Crippen LogP contribution in [0.4, 0.5) is 5.69 Å². The number of anilines is 1. The van der Waals surface area contributed by atoms with Crippen LogP contribution in [0.5, 0.6) is 5.75 Å². The second-order valence-electron chi connectivity index (χ2n) is 7.35. The van der Waals surface area contributed by atoms with Crippen molar-refractivity contribution >= 4 is 27.5 Å². The van der Waals surface area contributed by atoms with Crippen molar-refractivity contribution in [3.05, 3.63) is 59.7 Å². The van der Waals surface area contributed by atoms with E-state index in [-0.39, 0.29) is 11.8 Å². The molecule has 0 aromatic heterocycles. The third-order valence-corrected chi connectivity index (χ3v) is 5.52. The zero-order valence-electron chi connectivity index (χ0n) is 17.7. The first-order valence-electron chi connectivity index (χ1n) is 10.2. The van der Waals surface area contributed by atoms with Gasteiger partial charge in [-0.15, -0.1) is 0 Å². The van der Waals surface area contributed by atoms with Gasteiger partial charge in [0.05, 0.1) is 12.9 Å². The number of nitrogens with one attached hydrogen (secondary N) is 1. The van der Waals surface area contributed by atoms with Gasteiger partial charge < -0.3 is 14.5 Å². The number of hydrogen-bond donors (Lipinski definition) is 1. The molecule has 0 aliphatic carbocycles. The summed E-state index contributed by atoms with van der Waals surface area (Å²) >= 11 is 0. The van der Waals surface area contributed by atoms with Crippen molar-refractivity contribution < 1.29 is 22.7 Å².